The third kappa shape index (κ3) is 4.61. The number of aliphatic hydroxyl groups excluding tert-OH is 1. The van der Waals surface area contributed by atoms with Crippen LogP contribution < -0.4 is 5.32 Å². The van der Waals surface area contributed by atoms with Gasteiger partial charge in [-0.25, -0.2) is 0 Å². The molecule has 2 aliphatic heterocycles. The monoisotopic (exact) mass is 343 g/mol. The number of hydrogen-bond acceptors (Lipinski definition) is 3. The van der Waals surface area contributed by atoms with Crippen molar-refractivity contribution in [2.45, 2.75) is 19.8 Å². The van der Waals surface area contributed by atoms with E-state index in [0.717, 1.165) is 38.4 Å². The maximum Gasteiger partial charge on any atom is 0.193 e. The molecule has 1 aromatic carbocycles. The molecule has 0 spiro atoms. The molecule has 2 aliphatic rings. The Balaban J connectivity index is 1.59. The lowest BCUT2D eigenvalue weighted by atomic mass is 9.87. The normalized spacial score (nSPS) is 20.2. The van der Waals surface area contributed by atoms with Crippen molar-refractivity contribution in [3.05, 3.63) is 41.5 Å². The average molecular weight is 343 g/mol. The average Bonchev–Trinajstić information content (AvgIpc) is 2.62. The molecule has 2 saturated heterocycles. The predicted octanol–water partition coefficient (Wildman–Crippen LogP) is 2.14. The summed E-state index contributed by atoms with van der Waals surface area (Å²) in [6.07, 6.45) is 4.44. The number of benzene rings is 1. The van der Waals surface area contributed by atoms with Crippen LogP contribution in [0.4, 0.5) is 0 Å². The highest BCUT2D eigenvalue weighted by Crippen LogP contribution is 2.27. The highest BCUT2D eigenvalue weighted by atomic mass is 16.5. The molecule has 2 N–H and O–H groups in total. The first-order chi connectivity index (χ1) is 12.2. The van der Waals surface area contributed by atoms with Crippen LogP contribution in [0.25, 0.3) is 6.08 Å². The third-order valence-electron chi connectivity index (χ3n) is 4.93. The summed E-state index contributed by atoms with van der Waals surface area (Å²) in [5.41, 5.74) is 2.60. The van der Waals surface area contributed by atoms with Crippen LogP contribution in [0.1, 0.15) is 25.3 Å². The van der Waals surface area contributed by atoms with Crippen LogP contribution in [0, 0.1) is 5.41 Å². The first kappa shape index (κ1) is 18.0. The zero-order chi connectivity index (χ0) is 17.5. The molecule has 0 unspecified atom stereocenters. The van der Waals surface area contributed by atoms with Gasteiger partial charge in [-0.15, -0.1) is 0 Å². The van der Waals surface area contributed by atoms with Crippen molar-refractivity contribution in [1.82, 2.24) is 10.2 Å². The van der Waals surface area contributed by atoms with Gasteiger partial charge in [0, 0.05) is 19.6 Å². The van der Waals surface area contributed by atoms with Crippen LogP contribution in [0.3, 0.4) is 0 Å². The van der Waals surface area contributed by atoms with Gasteiger partial charge >= 0.3 is 0 Å². The van der Waals surface area contributed by atoms with Crippen molar-refractivity contribution in [2.75, 3.05) is 46.0 Å². The molecule has 0 aliphatic carbocycles. The smallest absolute Gasteiger partial charge is 0.193 e. The molecule has 0 amide bonds. The third-order valence-corrected chi connectivity index (χ3v) is 4.93. The number of aliphatic hydroxyl groups is 1. The van der Waals surface area contributed by atoms with E-state index in [0.29, 0.717) is 19.8 Å². The maximum atomic E-state index is 9.57. The zero-order valence-electron chi connectivity index (χ0n) is 15.1. The van der Waals surface area contributed by atoms with E-state index in [-0.39, 0.29) is 12.0 Å². The Morgan fingerprint density at radius 2 is 2.00 bits per heavy atom. The quantitative estimate of drug-likeness (QED) is 0.635. The second-order valence-corrected chi connectivity index (χ2v) is 7.02. The summed E-state index contributed by atoms with van der Waals surface area (Å²) in [6.45, 7) is 6.88. The van der Waals surface area contributed by atoms with Crippen molar-refractivity contribution in [3.8, 4) is 0 Å². The lowest BCUT2D eigenvalue weighted by Crippen LogP contribution is -2.50. The van der Waals surface area contributed by atoms with Crippen LogP contribution in [0.15, 0.2) is 40.9 Å². The molecule has 25 heavy (non-hydrogen) atoms. The summed E-state index contributed by atoms with van der Waals surface area (Å²) in [4.78, 5) is 7.11. The summed E-state index contributed by atoms with van der Waals surface area (Å²) in [7, 11) is 0. The van der Waals surface area contributed by atoms with Gasteiger partial charge in [-0.2, -0.15) is 0 Å². The summed E-state index contributed by atoms with van der Waals surface area (Å²) >= 11 is 0. The summed E-state index contributed by atoms with van der Waals surface area (Å²) in [6, 6.07) is 10.5. The van der Waals surface area contributed by atoms with Crippen LogP contribution in [-0.4, -0.2) is 62.0 Å². The van der Waals surface area contributed by atoms with E-state index >= 15 is 0 Å². The highest BCUT2D eigenvalue weighted by molar-refractivity contribution is 5.80. The SMILES string of the molecule is CCNC(=NCC1(CO)COC1)N1CCC(=Cc2ccccc2)CC1. The second-order valence-electron chi connectivity index (χ2n) is 7.02. The molecule has 3 rings (SSSR count). The van der Waals surface area contributed by atoms with Gasteiger partial charge < -0.3 is 20.1 Å². The molecule has 0 saturated carbocycles. The van der Waals surface area contributed by atoms with E-state index in [1.807, 2.05) is 0 Å². The number of aliphatic imine (C=N–C) groups is 1. The first-order valence-electron chi connectivity index (χ1n) is 9.21. The molecule has 5 heteroatoms. The topological polar surface area (TPSA) is 57.1 Å². The lowest BCUT2D eigenvalue weighted by molar-refractivity contribution is -0.130. The Kier molecular flexibility index (Phi) is 6.10. The minimum absolute atomic E-state index is 0.139. The Morgan fingerprint density at radius 1 is 1.28 bits per heavy atom. The van der Waals surface area contributed by atoms with E-state index in [4.69, 9.17) is 9.73 Å². The van der Waals surface area contributed by atoms with Crippen LogP contribution in [0.5, 0.6) is 0 Å². The Morgan fingerprint density at radius 3 is 2.56 bits per heavy atom. The second kappa shape index (κ2) is 8.50. The van der Waals surface area contributed by atoms with E-state index in [2.05, 4.69) is 53.5 Å². The molecular formula is C20H29N3O2. The van der Waals surface area contributed by atoms with Gasteiger partial charge in [0.05, 0.1) is 31.8 Å². The van der Waals surface area contributed by atoms with E-state index in [1.165, 1.54) is 11.1 Å². The van der Waals surface area contributed by atoms with Crippen LogP contribution in [0.2, 0.25) is 0 Å². The molecule has 2 heterocycles. The summed E-state index contributed by atoms with van der Waals surface area (Å²) < 4.78 is 5.27. The van der Waals surface area contributed by atoms with Crippen molar-refractivity contribution in [3.63, 3.8) is 0 Å². The Bertz CT molecular complexity index is 593. The van der Waals surface area contributed by atoms with Gasteiger partial charge in [-0.3, -0.25) is 4.99 Å². The number of likely N-dealkylation sites (tertiary alicyclic amines) is 1. The lowest BCUT2D eigenvalue weighted by Gasteiger charge is -2.39. The van der Waals surface area contributed by atoms with Gasteiger partial charge in [-0.05, 0) is 25.3 Å². The maximum absolute atomic E-state index is 9.57. The molecule has 0 atom stereocenters. The van der Waals surface area contributed by atoms with Crippen LogP contribution in [-0.2, 0) is 4.74 Å². The van der Waals surface area contributed by atoms with Gasteiger partial charge in [0.2, 0.25) is 0 Å². The fourth-order valence-electron chi connectivity index (χ4n) is 3.23. The Labute approximate surface area is 150 Å². The number of nitrogens with one attached hydrogen (secondary N) is 1. The van der Waals surface area contributed by atoms with Crippen molar-refractivity contribution in [1.29, 1.82) is 0 Å². The number of ether oxygens (including phenoxy) is 1. The van der Waals surface area contributed by atoms with E-state index in [9.17, 15) is 5.11 Å². The van der Waals surface area contributed by atoms with E-state index in [1.54, 1.807) is 0 Å². The fraction of sp³-hybridized carbons (Fsp3) is 0.550. The van der Waals surface area contributed by atoms with Crippen molar-refractivity contribution < 1.29 is 9.84 Å². The number of rotatable bonds is 5. The predicted molar refractivity (Wildman–Crippen MR) is 102 cm³/mol. The number of hydrogen-bond donors (Lipinski definition) is 2. The number of piperidine rings is 1. The van der Waals surface area contributed by atoms with E-state index < -0.39 is 0 Å². The molecular weight excluding hydrogens is 314 g/mol. The first-order valence-corrected chi connectivity index (χ1v) is 9.21. The molecule has 0 radical (unpaired) electrons. The van der Waals surface area contributed by atoms with Gasteiger partial charge in [0.15, 0.2) is 5.96 Å². The molecule has 1 aromatic rings. The molecule has 136 valence electrons. The zero-order valence-corrected chi connectivity index (χ0v) is 15.1. The summed E-state index contributed by atoms with van der Waals surface area (Å²) in [5.74, 6) is 0.959. The van der Waals surface area contributed by atoms with Crippen molar-refractivity contribution in [2.24, 2.45) is 10.4 Å². The van der Waals surface area contributed by atoms with Crippen molar-refractivity contribution >= 4 is 12.0 Å². The molecule has 2 fully saturated rings. The summed E-state index contributed by atoms with van der Waals surface area (Å²) in [5, 5.41) is 13.0. The highest BCUT2D eigenvalue weighted by Gasteiger charge is 2.38. The Hall–Kier alpha value is -1.85. The standard InChI is InChI=1S/C20H29N3O2/c1-2-21-19(22-13-20(14-24)15-25-16-20)23-10-8-18(9-11-23)12-17-6-4-3-5-7-17/h3-7,12,24H,2,8-11,13-16H2,1H3,(H,21,22). The number of guanidine groups is 1. The largest absolute Gasteiger partial charge is 0.396 e. The molecule has 0 bridgehead atoms. The van der Waals surface area contributed by atoms with Gasteiger partial charge in [-0.1, -0.05) is 42.0 Å². The molecule has 0 aromatic heterocycles. The molecule has 5 nitrogen and oxygen atoms in total. The van der Waals surface area contributed by atoms with Gasteiger partial charge in [0.25, 0.3) is 0 Å². The van der Waals surface area contributed by atoms with Crippen LogP contribution >= 0.6 is 0 Å². The van der Waals surface area contributed by atoms with Gasteiger partial charge in [0.1, 0.15) is 0 Å². The number of nitrogens with zero attached hydrogens (tertiary/aromatic N) is 2. The fourth-order valence-corrected chi connectivity index (χ4v) is 3.23. The minimum atomic E-state index is -0.172. The minimum Gasteiger partial charge on any atom is -0.396 e.